The van der Waals surface area contributed by atoms with E-state index >= 15 is 0 Å². The van der Waals surface area contributed by atoms with Gasteiger partial charge in [0.15, 0.2) is 0 Å². The zero-order valence-corrected chi connectivity index (χ0v) is 11.8. The minimum atomic E-state index is -0.261. The molecule has 0 bridgehead atoms. The van der Waals surface area contributed by atoms with Crippen LogP contribution in [0.2, 0.25) is 5.02 Å². The third kappa shape index (κ3) is 4.93. The second kappa shape index (κ2) is 7.81. The first kappa shape index (κ1) is 15.5. The van der Waals surface area contributed by atoms with Crippen LogP contribution in [0.1, 0.15) is 18.9 Å². The number of hydrogen-bond acceptors (Lipinski definition) is 3. The van der Waals surface area contributed by atoms with Gasteiger partial charge in [0, 0.05) is 16.7 Å². The van der Waals surface area contributed by atoms with Crippen LogP contribution in [0.15, 0.2) is 24.3 Å². The molecule has 19 heavy (non-hydrogen) atoms. The van der Waals surface area contributed by atoms with Crippen molar-refractivity contribution >= 4 is 23.6 Å². The molecule has 5 heteroatoms. The van der Waals surface area contributed by atoms with Crippen molar-refractivity contribution < 1.29 is 14.6 Å². The first-order valence-electron chi connectivity index (χ1n) is 6.03. The summed E-state index contributed by atoms with van der Waals surface area (Å²) in [6.45, 7) is 1.82. The number of halogens is 1. The number of amides is 1. The van der Waals surface area contributed by atoms with Gasteiger partial charge in [0.2, 0.25) is 5.91 Å². The van der Waals surface area contributed by atoms with Crippen molar-refractivity contribution in [2.45, 2.75) is 19.4 Å². The number of rotatable bonds is 6. The van der Waals surface area contributed by atoms with Crippen LogP contribution >= 0.6 is 11.6 Å². The van der Waals surface area contributed by atoms with Crippen LogP contribution in [0.5, 0.6) is 5.75 Å². The standard InChI is InChI=1S/C14H18ClNO3/c1-3-12(9-17)16-14(18)7-4-10-8-11(15)5-6-13(10)19-2/h4-8,12,17H,3,9H2,1-2H3,(H,16,18)/b7-4+. The summed E-state index contributed by atoms with van der Waals surface area (Å²) in [5, 5.41) is 12.3. The monoisotopic (exact) mass is 283 g/mol. The molecule has 1 aromatic carbocycles. The maximum Gasteiger partial charge on any atom is 0.244 e. The Hall–Kier alpha value is -1.52. The number of nitrogens with one attached hydrogen (secondary N) is 1. The predicted molar refractivity (Wildman–Crippen MR) is 76.3 cm³/mol. The SMILES string of the molecule is CCC(CO)NC(=O)/C=C/c1cc(Cl)ccc1OC. The van der Waals surface area contributed by atoms with Gasteiger partial charge in [0.25, 0.3) is 0 Å². The first-order valence-corrected chi connectivity index (χ1v) is 6.41. The molecule has 0 aliphatic rings. The second-order valence-corrected chi connectivity index (χ2v) is 4.45. The molecule has 0 fully saturated rings. The molecule has 1 rings (SSSR count). The molecule has 1 amide bonds. The lowest BCUT2D eigenvalue weighted by Crippen LogP contribution is -2.35. The average molecular weight is 284 g/mol. The predicted octanol–water partition coefficient (Wildman–Crippen LogP) is 2.25. The molecule has 1 atom stereocenters. The van der Waals surface area contributed by atoms with Crippen LogP contribution in [0.3, 0.4) is 0 Å². The Morgan fingerprint density at radius 2 is 2.32 bits per heavy atom. The molecule has 0 saturated carbocycles. The Morgan fingerprint density at radius 1 is 1.58 bits per heavy atom. The van der Waals surface area contributed by atoms with Gasteiger partial charge in [-0.15, -0.1) is 0 Å². The Morgan fingerprint density at radius 3 is 2.89 bits per heavy atom. The lowest BCUT2D eigenvalue weighted by Gasteiger charge is -2.12. The van der Waals surface area contributed by atoms with Crippen LogP contribution in [-0.4, -0.2) is 30.8 Å². The summed E-state index contributed by atoms with van der Waals surface area (Å²) in [5.74, 6) is 0.380. The second-order valence-electron chi connectivity index (χ2n) is 4.02. The summed E-state index contributed by atoms with van der Waals surface area (Å²) in [6, 6.07) is 4.95. The van der Waals surface area contributed by atoms with Crippen LogP contribution in [0.4, 0.5) is 0 Å². The third-order valence-electron chi connectivity index (χ3n) is 2.67. The van der Waals surface area contributed by atoms with E-state index in [0.29, 0.717) is 17.2 Å². The van der Waals surface area contributed by atoms with Crippen LogP contribution in [-0.2, 0) is 4.79 Å². The molecule has 1 aromatic rings. The molecule has 0 heterocycles. The minimum absolute atomic E-state index is 0.0729. The highest BCUT2D eigenvalue weighted by Crippen LogP contribution is 2.23. The highest BCUT2D eigenvalue weighted by Gasteiger charge is 2.06. The van der Waals surface area contributed by atoms with E-state index < -0.39 is 0 Å². The number of hydrogen-bond donors (Lipinski definition) is 2. The van der Waals surface area contributed by atoms with Gasteiger partial charge in [-0.05, 0) is 30.7 Å². The van der Waals surface area contributed by atoms with Crippen molar-refractivity contribution in [2.24, 2.45) is 0 Å². The molecule has 0 spiro atoms. The Labute approximate surface area is 118 Å². The maximum absolute atomic E-state index is 11.6. The number of carbonyl (C=O) groups excluding carboxylic acids is 1. The fraction of sp³-hybridized carbons (Fsp3) is 0.357. The normalized spacial score (nSPS) is 12.4. The fourth-order valence-corrected chi connectivity index (χ4v) is 1.71. The summed E-state index contributed by atoms with van der Waals surface area (Å²) in [6.07, 6.45) is 3.70. The zero-order chi connectivity index (χ0) is 14.3. The van der Waals surface area contributed by atoms with Gasteiger partial charge in [-0.1, -0.05) is 18.5 Å². The molecule has 0 saturated heterocycles. The quantitative estimate of drug-likeness (QED) is 0.787. The molecule has 0 aromatic heterocycles. The number of methoxy groups -OCH3 is 1. The molecule has 4 nitrogen and oxygen atoms in total. The van der Waals surface area contributed by atoms with Crippen molar-refractivity contribution in [1.29, 1.82) is 0 Å². The molecular weight excluding hydrogens is 266 g/mol. The van der Waals surface area contributed by atoms with Gasteiger partial charge >= 0.3 is 0 Å². The van der Waals surface area contributed by atoms with E-state index in [4.69, 9.17) is 21.4 Å². The van der Waals surface area contributed by atoms with Gasteiger partial charge in [0.05, 0.1) is 19.8 Å². The average Bonchev–Trinajstić information content (AvgIpc) is 2.42. The summed E-state index contributed by atoms with van der Waals surface area (Å²) in [7, 11) is 1.56. The van der Waals surface area contributed by atoms with Crippen molar-refractivity contribution in [3.05, 3.63) is 34.9 Å². The van der Waals surface area contributed by atoms with E-state index in [2.05, 4.69) is 5.32 Å². The molecule has 0 aliphatic heterocycles. The molecule has 1 unspecified atom stereocenters. The molecule has 2 N–H and O–H groups in total. The summed E-state index contributed by atoms with van der Waals surface area (Å²) < 4.78 is 5.17. The molecule has 0 aliphatic carbocycles. The third-order valence-corrected chi connectivity index (χ3v) is 2.90. The number of benzene rings is 1. The largest absolute Gasteiger partial charge is 0.496 e. The highest BCUT2D eigenvalue weighted by atomic mass is 35.5. The first-order chi connectivity index (χ1) is 9.10. The van der Waals surface area contributed by atoms with Crippen molar-refractivity contribution in [2.75, 3.05) is 13.7 Å². The molecule has 0 radical (unpaired) electrons. The summed E-state index contributed by atoms with van der Waals surface area (Å²) >= 11 is 5.90. The summed E-state index contributed by atoms with van der Waals surface area (Å²) in [4.78, 5) is 11.6. The maximum atomic E-state index is 11.6. The smallest absolute Gasteiger partial charge is 0.244 e. The van der Waals surface area contributed by atoms with Gasteiger partial charge in [-0.2, -0.15) is 0 Å². The van der Waals surface area contributed by atoms with E-state index in [9.17, 15) is 4.79 Å². The van der Waals surface area contributed by atoms with Gasteiger partial charge < -0.3 is 15.2 Å². The lowest BCUT2D eigenvalue weighted by atomic mass is 10.2. The van der Waals surface area contributed by atoms with E-state index in [1.807, 2.05) is 6.92 Å². The van der Waals surface area contributed by atoms with Crippen molar-refractivity contribution in [1.82, 2.24) is 5.32 Å². The van der Waals surface area contributed by atoms with Crippen molar-refractivity contribution in [3.8, 4) is 5.75 Å². The number of aliphatic hydroxyl groups excluding tert-OH is 1. The van der Waals surface area contributed by atoms with E-state index in [1.54, 1.807) is 31.4 Å². The van der Waals surface area contributed by atoms with Gasteiger partial charge in [-0.25, -0.2) is 0 Å². The number of ether oxygens (including phenoxy) is 1. The topological polar surface area (TPSA) is 58.6 Å². The van der Waals surface area contributed by atoms with E-state index in [0.717, 1.165) is 5.56 Å². The number of carbonyl (C=O) groups is 1. The summed E-state index contributed by atoms with van der Waals surface area (Å²) in [5.41, 5.74) is 0.724. The van der Waals surface area contributed by atoms with E-state index in [1.165, 1.54) is 6.08 Å². The Bertz CT molecular complexity index is 456. The van der Waals surface area contributed by atoms with Crippen LogP contribution < -0.4 is 10.1 Å². The van der Waals surface area contributed by atoms with Gasteiger partial charge in [-0.3, -0.25) is 4.79 Å². The van der Waals surface area contributed by atoms with Crippen molar-refractivity contribution in [3.63, 3.8) is 0 Å². The Balaban J connectivity index is 2.75. The van der Waals surface area contributed by atoms with Gasteiger partial charge in [0.1, 0.15) is 5.75 Å². The highest BCUT2D eigenvalue weighted by molar-refractivity contribution is 6.30. The fourth-order valence-electron chi connectivity index (χ4n) is 1.53. The number of aliphatic hydroxyl groups is 1. The molecule has 104 valence electrons. The van der Waals surface area contributed by atoms with Crippen LogP contribution in [0.25, 0.3) is 6.08 Å². The van der Waals surface area contributed by atoms with Crippen LogP contribution in [0, 0.1) is 0 Å². The Kier molecular flexibility index (Phi) is 6.39. The lowest BCUT2D eigenvalue weighted by molar-refractivity contribution is -0.117. The van der Waals surface area contributed by atoms with E-state index in [-0.39, 0.29) is 18.6 Å². The minimum Gasteiger partial charge on any atom is -0.496 e. The zero-order valence-electron chi connectivity index (χ0n) is 11.0. The molecular formula is C14H18ClNO3.